The van der Waals surface area contributed by atoms with Gasteiger partial charge >= 0.3 is 0 Å². The molecule has 0 bridgehead atoms. The highest BCUT2D eigenvalue weighted by Gasteiger charge is 2.35. The number of rotatable bonds is 4. The maximum absolute atomic E-state index is 12.3. The largest absolute Gasteiger partial charge is 0.497 e. The number of benzene rings is 1. The summed E-state index contributed by atoms with van der Waals surface area (Å²) in [6.07, 6.45) is 1.91. The van der Waals surface area contributed by atoms with E-state index in [2.05, 4.69) is 10.3 Å². The predicted octanol–water partition coefficient (Wildman–Crippen LogP) is 2.45. The van der Waals surface area contributed by atoms with E-state index in [1.165, 1.54) is 11.3 Å². The Balaban J connectivity index is 1.70. The molecule has 7 heteroatoms. The maximum atomic E-state index is 12.3. The van der Waals surface area contributed by atoms with Crippen molar-refractivity contribution in [3.63, 3.8) is 0 Å². The van der Waals surface area contributed by atoms with Crippen molar-refractivity contribution in [3.8, 4) is 5.75 Å². The number of ether oxygens (including phenoxy) is 1. The molecule has 1 atom stereocenters. The Hall–Kier alpha value is -2.41. The Morgan fingerprint density at radius 2 is 2.30 bits per heavy atom. The molecule has 2 aromatic rings. The van der Waals surface area contributed by atoms with E-state index in [1.807, 2.05) is 25.1 Å². The number of carbonyl (C=O) groups excluding carboxylic acids is 2. The second-order valence-electron chi connectivity index (χ2n) is 5.37. The monoisotopic (exact) mass is 331 g/mol. The molecular formula is C16H17N3O3S. The third-order valence-corrected chi connectivity index (χ3v) is 4.54. The summed E-state index contributed by atoms with van der Waals surface area (Å²) in [5, 5.41) is 3.35. The Morgan fingerprint density at radius 3 is 3.00 bits per heavy atom. The Kier molecular flexibility index (Phi) is 4.29. The molecule has 1 fully saturated rings. The number of methoxy groups -OCH3 is 1. The Labute approximate surface area is 138 Å². The van der Waals surface area contributed by atoms with Crippen molar-refractivity contribution in [2.45, 2.75) is 13.3 Å². The van der Waals surface area contributed by atoms with Crippen molar-refractivity contribution >= 4 is 34.0 Å². The molecule has 0 aliphatic carbocycles. The standard InChI is InChI=1S/C16H17N3O3S/c1-10-8-17-16(23-10)18-15(21)11-6-14(20)19(9-11)12-4-3-5-13(7-12)22-2/h3-5,7-8,11H,6,9H2,1-2H3,(H,17,18,21)/t11-/m0/s1. The molecule has 0 spiro atoms. The van der Waals surface area contributed by atoms with Gasteiger partial charge in [-0.2, -0.15) is 0 Å². The summed E-state index contributed by atoms with van der Waals surface area (Å²) in [4.78, 5) is 31.3. The molecule has 0 radical (unpaired) electrons. The van der Waals surface area contributed by atoms with Crippen LogP contribution in [0.5, 0.6) is 5.75 Å². The molecule has 1 aliphatic rings. The van der Waals surface area contributed by atoms with Crippen LogP contribution in [0.2, 0.25) is 0 Å². The summed E-state index contributed by atoms with van der Waals surface area (Å²) < 4.78 is 5.18. The molecule has 0 unspecified atom stereocenters. The summed E-state index contributed by atoms with van der Waals surface area (Å²) in [6.45, 7) is 2.29. The molecule has 1 aliphatic heterocycles. The van der Waals surface area contributed by atoms with Crippen LogP contribution in [0.25, 0.3) is 0 Å². The number of aryl methyl sites for hydroxylation is 1. The van der Waals surface area contributed by atoms with E-state index in [0.717, 1.165) is 10.6 Å². The van der Waals surface area contributed by atoms with Crippen LogP contribution in [0.15, 0.2) is 30.5 Å². The van der Waals surface area contributed by atoms with Crippen LogP contribution >= 0.6 is 11.3 Å². The zero-order valence-electron chi connectivity index (χ0n) is 12.9. The van der Waals surface area contributed by atoms with Gasteiger partial charge in [0.25, 0.3) is 0 Å². The van der Waals surface area contributed by atoms with E-state index in [1.54, 1.807) is 24.3 Å². The smallest absolute Gasteiger partial charge is 0.231 e. The lowest BCUT2D eigenvalue weighted by Crippen LogP contribution is -2.28. The summed E-state index contributed by atoms with van der Waals surface area (Å²) >= 11 is 1.42. The van der Waals surface area contributed by atoms with Gasteiger partial charge in [-0.25, -0.2) is 4.98 Å². The van der Waals surface area contributed by atoms with E-state index in [0.29, 0.717) is 17.4 Å². The second-order valence-corrected chi connectivity index (χ2v) is 6.61. The summed E-state index contributed by atoms with van der Waals surface area (Å²) in [6, 6.07) is 7.28. The minimum absolute atomic E-state index is 0.0614. The van der Waals surface area contributed by atoms with Gasteiger partial charge in [0.2, 0.25) is 11.8 Å². The van der Waals surface area contributed by atoms with E-state index >= 15 is 0 Å². The van der Waals surface area contributed by atoms with E-state index < -0.39 is 0 Å². The normalized spacial score (nSPS) is 17.4. The van der Waals surface area contributed by atoms with Crippen LogP contribution in [0.4, 0.5) is 10.8 Å². The zero-order valence-corrected chi connectivity index (χ0v) is 13.7. The number of amides is 2. The van der Waals surface area contributed by atoms with Crippen molar-refractivity contribution in [1.82, 2.24) is 4.98 Å². The molecule has 2 heterocycles. The molecule has 1 aromatic carbocycles. The van der Waals surface area contributed by atoms with Crippen LogP contribution in [0, 0.1) is 12.8 Å². The van der Waals surface area contributed by atoms with Crippen molar-refractivity contribution < 1.29 is 14.3 Å². The van der Waals surface area contributed by atoms with Crippen molar-refractivity contribution in [2.24, 2.45) is 5.92 Å². The van der Waals surface area contributed by atoms with Gasteiger partial charge in [-0.3, -0.25) is 9.59 Å². The topological polar surface area (TPSA) is 71.5 Å². The first-order valence-electron chi connectivity index (χ1n) is 7.24. The number of hydrogen-bond acceptors (Lipinski definition) is 5. The fraction of sp³-hybridized carbons (Fsp3) is 0.312. The molecule has 3 rings (SSSR count). The lowest BCUT2D eigenvalue weighted by Gasteiger charge is -2.17. The number of nitrogens with zero attached hydrogens (tertiary/aromatic N) is 2. The molecule has 0 saturated carbocycles. The highest BCUT2D eigenvalue weighted by Crippen LogP contribution is 2.28. The first-order chi connectivity index (χ1) is 11.1. The maximum Gasteiger partial charge on any atom is 0.231 e. The molecule has 1 N–H and O–H groups in total. The average Bonchev–Trinajstić information content (AvgIpc) is 3.13. The van der Waals surface area contributed by atoms with E-state index in [-0.39, 0.29) is 24.2 Å². The van der Waals surface area contributed by atoms with Gasteiger partial charge in [0.1, 0.15) is 5.75 Å². The van der Waals surface area contributed by atoms with Gasteiger partial charge in [0.05, 0.1) is 13.0 Å². The number of nitrogens with one attached hydrogen (secondary N) is 1. The van der Waals surface area contributed by atoms with Crippen LogP contribution in [0.1, 0.15) is 11.3 Å². The first kappa shape index (κ1) is 15.5. The SMILES string of the molecule is COc1cccc(N2C[C@@H](C(=O)Nc3ncc(C)s3)CC2=O)c1. The summed E-state index contributed by atoms with van der Waals surface area (Å²) in [7, 11) is 1.58. The van der Waals surface area contributed by atoms with Gasteiger partial charge in [-0.15, -0.1) is 11.3 Å². The quantitative estimate of drug-likeness (QED) is 0.934. The highest BCUT2D eigenvalue weighted by atomic mass is 32.1. The summed E-state index contributed by atoms with van der Waals surface area (Å²) in [5.74, 6) is 0.0752. The van der Waals surface area contributed by atoms with Gasteiger partial charge in [0.15, 0.2) is 5.13 Å². The first-order valence-corrected chi connectivity index (χ1v) is 8.06. The van der Waals surface area contributed by atoms with Gasteiger partial charge < -0.3 is 15.0 Å². The van der Waals surface area contributed by atoms with Crippen LogP contribution in [-0.4, -0.2) is 30.5 Å². The molecule has 2 amide bonds. The van der Waals surface area contributed by atoms with E-state index in [9.17, 15) is 9.59 Å². The van der Waals surface area contributed by atoms with Crippen LogP contribution in [-0.2, 0) is 9.59 Å². The zero-order chi connectivity index (χ0) is 16.4. The molecule has 1 saturated heterocycles. The Bertz CT molecular complexity index is 744. The molecular weight excluding hydrogens is 314 g/mol. The molecule has 1 aromatic heterocycles. The van der Waals surface area contributed by atoms with Crippen molar-refractivity contribution in [2.75, 3.05) is 23.9 Å². The minimum Gasteiger partial charge on any atom is -0.497 e. The van der Waals surface area contributed by atoms with Crippen LogP contribution < -0.4 is 15.0 Å². The van der Waals surface area contributed by atoms with Gasteiger partial charge in [0, 0.05) is 35.8 Å². The fourth-order valence-corrected chi connectivity index (χ4v) is 3.20. The average molecular weight is 331 g/mol. The Morgan fingerprint density at radius 1 is 1.48 bits per heavy atom. The van der Waals surface area contributed by atoms with E-state index in [4.69, 9.17) is 4.74 Å². The molecule has 120 valence electrons. The predicted molar refractivity (Wildman–Crippen MR) is 88.9 cm³/mol. The fourth-order valence-electron chi connectivity index (χ4n) is 2.53. The number of aromatic nitrogens is 1. The lowest BCUT2D eigenvalue weighted by molar-refractivity contribution is -0.122. The molecule has 6 nitrogen and oxygen atoms in total. The van der Waals surface area contributed by atoms with Crippen molar-refractivity contribution in [3.05, 3.63) is 35.3 Å². The number of carbonyl (C=O) groups is 2. The minimum atomic E-state index is -0.377. The number of anilines is 2. The van der Waals surface area contributed by atoms with Gasteiger partial charge in [-0.05, 0) is 19.1 Å². The van der Waals surface area contributed by atoms with Crippen molar-refractivity contribution in [1.29, 1.82) is 0 Å². The molecule has 23 heavy (non-hydrogen) atoms. The third-order valence-electron chi connectivity index (χ3n) is 3.71. The highest BCUT2D eigenvalue weighted by molar-refractivity contribution is 7.15. The number of thiazole rings is 1. The second kappa shape index (κ2) is 6.37. The lowest BCUT2D eigenvalue weighted by atomic mass is 10.1. The number of hydrogen-bond donors (Lipinski definition) is 1. The third kappa shape index (κ3) is 3.34. The van der Waals surface area contributed by atoms with Gasteiger partial charge in [-0.1, -0.05) is 6.07 Å². The van der Waals surface area contributed by atoms with Crippen LogP contribution in [0.3, 0.4) is 0 Å². The summed E-state index contributed by atoms with van der Waals surface area (Å²) in [5.41, 5.74) is 0.745.